The zero-order valence-corrected chi connectivity index (χ0v) is 9.21. The van der Waals surface area contributed by atoms with Crippen LogP contribution in [0, 0.1) is 0 Å². The van der Waals surface area contributed by atoms with Crippen LogP contribution < -0.4 is 11.1 Å². The van der Waals surface area contributed by atoms with E-state index in [1.54, 1.807) is 17.6 Å². The summed E-state index contributed by atoms with van der Waals surface area (Å²) in [6, 6.07) is 1.90. The van der Waals surface area contributed by atoms with Crippen LogP contribution in [-0.4, -0.2) is 22.8 Å². The van der Waals surface area contributed by atoms with Gasteiger partial charge in [0.15, 0.2) is 0 Å². The molecule has 1 unspecified atom stereocenters. The van der Waals surface area contributed by atoms with E-state index in [-0.39, 0.29) is 0 Å². The van der Waals surface area contributed by atoms with Gasteiger partial charge in [0.25, 0.3) is 0 Å². The first-order chi connectivity index (χ1) is 6.20. The van der Waals surface area contributed by atoms with Crippen LogP contribution >= 0.6 is 11.3 Å². The summed E-state index contributed by atoms with van der Waals surface area (Å²) in [6.07, 6.45) is 1.71. The van der Waals surface area contributed by atoms with E-state index in [0.717, 1.165) is 23.7 Å². The van der Waals surface area contributed by atoms with Gasteiger partial charge in [0.1, 0.15) is 0 Å². The number of rotatable bonds is 5. The molecule has 0 aliphatic carbocycles. The fourth-order valence-electron chi connectivity index (χ4n) is 0.912. The van der Waals surface area contributed by atoms with Crippen molar-refractivity contribution in [2.75, 3.05) is 24.3 Å². The van der Waals surface area contributed by atoms with Crippen LogP contribution in [0.2, 0.25) is 0 Å². The standard InChI is InChI=1S/C8H14N2OS2/c1-13(11)5-3-10-6-8-7(9)2-4-12-8/h2,4,10H,3,5-6,9H2,1H3. The van der Waals surface area contributed by atoms with Crippen molar-refractivity contribution in [3.8, 4) is 0 Å². The molecule has 0 saturated heterocycles. The fraction of sp³-hybridized carbons (Fsp3) is 0.500. The van der Waals surface area contributed by atoms with Gasteiger partial charge in [-0.3, -0.25) is 4.21 Å². The highest BCUT2D eigenvalue weighted by Crippen LogP contribution is 2.17. The summed E-state index contributed by atoms with van der Waals surface area (Å²) in [5.41, 5.74) is 6.54. The van der Waals surface area contributed by atoms with E-state index in [4.69, 9.17) is 5.73 Å². The Labute approximate surface area is 84.8 Å². The first-order valence-corrected chi connectivity index (χ1v) is 6.63. The lowest BCUT2D eigenvalue weighted by molar-refractivity contribution is 0.678. The van der Waals surface area contributed by atoms with Gasteiger partial charge < -0.3 is 11.1 Å². The molecule has 0 bridgehead atoms. The maximum Gasteiger partial charge on any atom is 0.0468 e. The minimum Gasteiger partial charge on any atom is -0.398 e. The van der Waals surface area contributed by atoms with Gasteiger partial charge in [0.2, 0.25) is 0 Å². The smallest absolute Gasteiger partial charge is 0.0468 e. The summed E-state index contributed by atoms with van der Waals surface area (Å²) >= 11 is 1.65. The number of thiophene rings is 1. The minimum atomic E-state index is -0.710. The molecule has 74 valence electrons. The van der Waals surface area contributed by atoms with Gasteiger partial charge in [-0.1, -0.05) is 0 Å². The molecule has 0 radical (unpaired) electrons. The predicted octanol–water partition coefficient (Wildman–Crippen LogP) is 0.798. The van der Waals surface area contributed by atoms with E-state index in [0.29, 0.717) is 5.75 Å². The Hall–Kier alpha value is -0.390. The Morgan fingerprint density at radius 2 is 2.46 bits per heavy atom. The number of hydrogen-bond acceptors (Lipinski definition) is 4. The average molecular weight is 218 g/mol. The molecule has 1 aromatic heterocycles. The van der Waals surface area contributed by atoms with Crippen molar-refractivity contribution in [1.29, 1.82) is 0 Å². The quantitative estimate of drug-likeness (QED) is 0.719. The molecule has 1 heterocycles. The molecule has 0 aromatic carbocycles. The van der Waals surface area contributed by atoms with E-state index < -0.39 is 10.8 Å². The third kappa shape index (κ3) is 3.89. The predicted molar refractivity (Wildman–Crippen MR) is 59.4 cm³/mol. The summed E-state index contributed by atoms with van der Waals surface area (Å²) < 4.78 is 10.7. The zero-order chi connectivity index (χ0) is 9.68. The summed E-state index contributed by atoms with van der Waals surface area (Å²) in [5.74, 6) is 0.700. The Bertz CT molecular complexity index is 285. The lowest BCUT2D eigenvalue weighted by Gasteiger charge is -2.01. The van der Waals surface area contributed by atoms with Gasteiger partial charge in [0, 0.05) is 46.5 Å². The van der Waals surface area contributed by atoms with Gasteiger partial charge in [0.05, 0.1) is 0 Å². The number of nitrogen functional groups attached to an aromatic ring is 1. The molecule has 0 aliphatic heterocycles. The monoisotopic (exact) mass is 218 g/mol. The molecule has 13 heavy (non-hydrogen) atoms. The van der Waals surface area contributed by atoms with E-state index in [2.05, 4.69) is 5.32 Å². The molecular weight excluding hydrogens is 204 g/mol. The molecule has 0 amide bonds. The van der Waals surface area contributed by atoms with Gasteiger partial charge in [-0.05, 0) is 11.4 Å². The van der Waals surface area contributed by atoms with Gasteiger partial charge in [-0.2, -0.15) is 0 Å². The lowest BCUT2D eigenvalue weighted by Crippen LogP contribution is -2.19. The van der Waals surface area contributed by atoms with Crippen LogP contribution in [0.15, 0.2) is 11.4 Å². The van der Waals surface area contributed by atoms with Crippen molar-refractivity contribution >= 4 is 27.8 Å². The summed E-state index contributed by atoms with van der Waals surface area (Å²) in [6.45, 7) is 1.56. The molecule has 0 spiro atoms. The highest BCUT2D eigenvalue weighted by Gasteiger charge is 1.99. The normalized spacial score (nSPS) is 13.0. The number of nitrogens with two attached hydrogens (primary N) is 1. The molecule has 5 heteroatoms. The lowest BCUT2D eigenvalue weighted by atomic mass is 10.4. The van der Waals surface area contributed by atoms with Crippen molar-refractivity contribution in [1.82, 2.24) is 5.32 Å². The molecule has 1 atom stereocenters. The summed E-state index contributed by atoms with van der Waals surface area (Å²) in [5, 5.41) is 5.17. The van der Waals surface area contributed by atoms with E-state index >= 15 is 0 Å². The maximum atomic E-state index is 10.7. The highest BCUT2D eigenvalue weighted by atomic mass is 32.2. The van der Waals surface area contributed by atoms with Gasteiger partial charge in [-0.15, -0.1) is 11.3 Å². The second-order valence-corrected chi connectivity index (χ2v) is 5.31. The van der Waals surface area contributed by atoms with Crippen LogP contribution in [0.3, 0.4) is 0 Å². The molecule has 1 rings (SSSR count). The molecule has 1 aromatic rings. The third-order valence-electron chi connectivity index (χ3n) is 1.63. The Balaban J connectivity index is 2.20. The molecule has 0 aliphatic rings. The van der Waals surface area contributed by atoms with E-state index in [9.17, 15) is 4.21 Å². The largest absolute Gasteiger partial charge is 0.398 e. The van der Waals surface area contributed by atoms with Crippen LogP contribution in [0.4, 0.5) is 5.69 Å². The summed E-state index contributed by atoms with van der Waals surface area (Å²) in [7, 11) is -0.710. The van der Waals surface area contributed by atoms with Crippen LogP contribution in [0.25, 0.3) is 0 Å². The minimum absolute atomic E-state index is 0.700. The van der Waals surface area contributed by atoms with Crippen molar-refractivity contribution < 1.29 is 4.21 Å². The second-order valence-electron chi connectivity index (χ2n) is 2.75. The number of hydrogen-bond donors (Lipinski definition) is 2. The first kappa shape index (κ1) is 10.7. The van der Waals surface area contributed by atoms with Crippen molar-refractivity contribution in [2.45, 2.75) is 6.54 Å². The second kappa shape index (κ2) is 5.36. The fourth-order valence-corrected chi connectivity index (χ4v) is 2.11. The van der Waals surface area contributed by atoms with Crippen LogP contribution in [-0.2, 0) is 17.3 Å². The van der Waals surface area contributed by atoms with E-state index in [1.807, 2.05) is 11.4 Å². The Morgan fingerprint density at radius 1 is 1.69 bits per heavy atom. The van der Waals surface area contributed by atoms with Crippen molar-refractivity contribution in [3.05, 3.63) is 16.3 Å². The molecule has 3 N–H and O–H groups in total. The molecule has 0 fully saturated rings. The van der Waals surface area contributed by atoms with Gasteiger partial charge >= 0.3 is 0 Å². The van der Waals surface area contributed by atoms with Crippen molar-refractivity contribution in [3.63, 3.8) is 0 Å². The number of anilines is 1. The molecule has 3 nitrogen and oxygen atoms in total. The first-order valence-electron chi connectivity index (χ1n) is 4.02. The average Bonchev–Trinajstić information content (AvgIpc) is 2.45. The van der Waals surface area contributed by atoms with Crippen LogP contribution in [0.5, 0.6) is 0 Å². The molecular formula is C8H14N2OS2. The molecule has 0 saturated carbocycles. The Kier molecular flexibility index (Phi) is 4.41. The summed E-state index contributed by atoms with van der Waals surface area (Å²) in [4.78, 5) is 1.15. The van der Waals surface area contributed by atoms with Gasteiger partial charge in [-0.25, -0.2) is 0 Å². The van der Waals surface area contributed by atoms with Crippen LogP contribution in [0.1, 0.15) is 4.88 Å². The van der Waals surface area contributed by atoms with E-state index in [1.165, 1.54) is 0 Å². The Morgan fingerprint density at radius 3 is 3.00 bits per heavy atom. The number of nitrogens with one attached hydrogen (secondary N) is 1. The maximum absolute atomic E-state index is 10.7. The topological polar surface area (TPSA) is 55.1 Å². The highest BCUT2D eigenvalue weighted by molar-refractivity contribution is 7.84. The third-order valence-corrected chi connectivity index (χ3v) is 3.35. The van der Waals surface area contributed by atoms with Crippen molar-refractivity contribution in [2.24, 2.45) is 0 Å². The SMILES string of the molecule is CS(=O)CCNCc1sccc1N. The zero-order valence-electron chi connectivity index (χ0n) is 7.58.